The van der Waals surface area contributed by atoms with Gasteiger partial charge in [-0.3, -0.25) is 9.69 Å². The number of carbonyl (C=O) groups excluding carboxylic acids is 1. The van der Waals surface area contributed by atoms with Gasteiger partial charge in [-0.05, 0) is 37.1 Å². The molecule has 0 saturated heterocycles. The molecule has 0 aromatic heterocycles. The van der Waals surface area contributed by atoms with Crippen molar-refractivity contribution in [2.75, 3.05) is 18.4 Å². The summed E-state index contributed by atoms with van der Waals surface area (Å²) in [6.07, 6.45) is 0. The van der Waals surface area contributed by atoms with Crippen molar-refractivity contribution in [2.45, 2.75) is 27.3 Å². The fourth-order valence-electron chi connectivity index (χ4n) is 2.51. The van der Waals surface area contributed by atoms with Gasteiger partial charge < -0.3 is 5.32 Å². The molecule has 3 heteroatoms. The van der Waals surface area contributed by atoms with Crippen LogP contribution in [0.5, 0.6) is 0 Å². The number of aryl methyl sites for hydroxylation is 2. The van der Waals surface area contributed by atoms with Gasteiger partial charge in [0.25, 0.3) is 0 Å². The molecule has 0 bridgehead atoms. The molecule has 116 valence electrons. The number of rotatable bonds is 6. The van der Waals surface area contributed by atoms with Crippen molar-refractivity contribution in [3.8, 4) is 0 Å². The number of nitrogens with zero attached hydrogens (tertiary/aromatic N) is 1. The maximum absolute atomic E-state index is 12.3. The van der Waals surface area contributed by atoms with E-state index in [9.17, 15) is 4.79 Å². The number of para-hydroxylation sites is 1. The smallest absolute Gasteiger partial charge is 0.238 e. The van der Waals surface area contributed by atoms with Crippen LogP contribution in [0.25, 0.3) is 0 Å². The molecule has 1 amide bonds. The van der Waals surface area contributed by atoms with Gasteiger partial charge in [0, 0.05) is 12.2 Å². The Hall–Kier alpha value is -2.13. The van der Waals surface area contributed by atoms with Gasteiger partial charge in [-0.15, -0.1) is 0 Å². The highest BCUT2D eigenvalue weighted by Crippen LogP contribution is 2.19. The fourth-order valence-corrected chi connectivity index (χ4v) is 2.51. The number of hydrogen-bond donors (Lipinski definition) is 1. The van der Waals surface area contributed by atoms with E-state index in [4.69, 9.17) is 0 Å². The van der Waals surface area contributed by atoms with Gasteiger partial charge in [0.1, 0.15) is 0 Å². The molecule has 1 N–H and O–H groups in total. The van der Waals surface area contributed by atoms with Gasteiger partial charge in [0.05, 0.1) is 6.54 Å². The molecular formula is C19H24N2O. The van der Waals surface area contributed by atoms with Crippen LogP contribution < -0.4 is 5.32 Å². The number of benzene rings is 2. The maximum atomic E-state index is 12.3. The van der Waals surface area contributed by atoms with Crippen molar-refractivity contribution in [1.82, 2.24) is 4.90 Å². The molecule has 2 aromatic carbocycles. The van der Waals surface area contributed by atoms with Gasteiger partial charge in [0.15, 0.2) is 0 Å². The SMILES string of the molecule is CCN(CC(=O)Nc1c(C)cccc1C)Cc1ccccc1. The Morgan fingerprint density at radius 1 is 1.00 bits per heavy atom. The van der Waals surface area contributed by atoms with Crippen LogP contribution in [0.15, 0.2) is 48.5 Å². The van der Waals surface area contributed by atoms with Crippen LogP contribution in [-0.2, 0) is 11.3 Å². The van der Waals surface area contributed by atoms with Gasteiger partial charge in [-0.25, -0.2) is 0 Å². The highest BCUT2D eigenvalue weighted by molar-refractivity contribution is 5.93. The van der Waals surface area contributed by atoms with Crippen LogP contribution in [0.1, 0.15) is 23.6 Å². The highest BCUT2D eigenvalue weighted by Gasteiger charge is 2.12. The Bertz CT molecular complexity index is 602. The first-order valence-corrected chi connectivity index (χ1v) is 7.72. The second-order valence-corrected chi connectivity index (χ2v) is 5.60. The Kier molecular flexibility index (Phi) is 5.73. The molecule has 0 saturated carbocycles. The van der Waals surface area contributed by atoms with Crippen LogP contribution >= 0.6 is 0 Å². The number of amides is 1. The molecule has 0 atom stereocenters. The summed E-state index contributed by atoms with van der Waals surface area (Å²) in [5, 5.41) is 3.05. The maximum Gasteiger partial charge on any atom is 0.238 e. The first-order valence-electron chi connectivity index (χ1n) is 7.72. The topological polar surface area (TPSA) is 32.3 Å². The zero-order valence-corrected chi connectivity index (χ0v) is 13.6. The van der Waals surface area contributed by atoms with E-state index in [1.165, 1.54) is 5.56 Å². The molecule has 0 aliphatic carbocycles. The summed E-state index contributed by atoms with van der Waals surface area (Å²) in [6, 6.07) is 16.3. The lowest BCUT2D eigenvalue weighted by Crippen LogP contribution is -2.33. The summed E-state index contributed by atoms with van der Waals surface area (Å²) in [4.78, 5) is 14.5. The lowest BCUT2D eigenvalue weighted by atomic mass is 10.1. The summed E-state index contributed by atoms with van der Waals surface area (Å²) in [7, 11) is 0. The molecular weight excluding hydrogens is 272 g/mol. The van der Waals surface area contributed by atoms with Crippen LogP contribution in [0.4, 0.5) is 5.69 Å². The van der Waals surface area contributed by atoms with E-state index in [-0.39, 0.29) is 5.91 Å². The molecule has 2 rings (SSSR count). The van der Waals surface area contributed by atoms with Crippen molar-refractivity contribution >= 4 is 11.6 Å². The third-order valence-corrected chi connectivity index (χ3v) is 3.81. The molecule has 0 fully saturated rings. The molecule has 0 aliphatic heterocycles. The average molecular weight is 296 g/mol. The number of carbonyl (C=O) groups is 1. The van der Waals surface area contributed by atoms with Gasteiger partial charge >= 0.3 is 0 Å². The first-order chi connectivity index (χ1) is 10.6. The van der Waals surface area contributed by atoms with E-state index in [0.29, 0.717) is 6.54 Å². The first kappa shape index (κ1) is 16.2. The van der Waals surface area contributed by atoms with E-state index in [1.807, 2.05) is 50.2 Å². The monoisotopic (exact) mass is 296 g/mol. The van der Waals surface area contributed by atoms with Gasteiger partial charge in [0.2, 0.25) is 5.91 Å². The summed E-state index contributed by atoms with van der Waals surface area (Å²) in [5.41, 5.74) is 4.35. The van der Waals surface area contributed by atoms with E-state index in [2.05, 4.69) is 29.3 Å². The molecule has 0 heterocycles. The summed E-state index contributed by atoms with van der Waals surface area (Å²) in [5.74, 6) is 0.0372. The number of likely N-dealkylation sites (N-methyl/N-ethyl adjacent to an activating group) is 1. The predicted molar refractivity (Wildman–Crippen MR) is 91.9 cm³/mol. The number of nitrogens with one attached hydrogen (secondary N) is 1. The van der Waals surface area contributed by atoms with Crippen molar-refractivity contribution in [3.05, 3.63) is 65.2 Å². The third-order valence-electron chi connectivity index (χ3n) is 3.81. The molecule has 2 aromatic rings. The fraction of sp³-hybridized carbons (Fsp3) is 0.316. The van der Waals surface area contributed by atoms with E-state index in [1.54, 1.807) is 0 Å². The third kappa shape index (κ3) is 4.43. The van der Waals surface area contributed by atoms with Crippen molar-refractivity contribution in [2.24, 2.45) is 0 Å². The zero-order chi connectivity index (χ0) is 15.9. The average Bonchev–Trinajstić information content (AvgIpc) is 2.51. The Morgan fingerprint density at radius 3 is 2.23 bits per heavy atom. The summed E-state index contributed by atoms with van der Waals surface area (Å²) in [6.45, 7) is 8.15. The normalized spacial score (nSPS) is 10.7. The second-order valence-electron chi connectivity index (χ2n) is 5.60. The largest absolute Gasteiger partial charge is 0.324 e. The Morgan fingerprint density at radius 2 is 1.64 bits per heavy atom. The molecule has 0 aliphatic rings. The molecule has 0 unspecified atom stereocenters. The molecule has 0 spiro atoms. The minimum atomic E-state index is 0.0372. The molecule has 22 heavy (non-hydrogen) atoms. The highest BCUT2D eigenvalue weighted by atomic mass is 16.2. The van der Waals surface area contributed by atoms with Crippen molar-refractivity contribution < 1.29 is 4.79 Å². The standard InChI is InChI=1S/C19H24N2O/c1-4-21(13-17-11-6-5-7-12-17)14-18(22)20-19-15(2)9-8-10-16(19)3/h5-12H,4,13-14H2,1-3H3,(H,20,22). The quantitative estimate of drug-likeness (QED) is 0.880. The minimum absolute atomic E-state index is 0.0372. The van der Waals surface area contributed by atoms with E-state index < -0.39 is 0 Å². The molecule has 0 radical (unpaired) electrons. The van der Waals surface area contributed by atoms with E-state index in [0.717, 1.165) is 29.9 Å². The lowest BCUT2D eigenvalue weighted by molar-refractivity contribution is -0.117. The Labute approximate surface area is 133 Å². The molecule has 3 nitrogen and oxygen atoms in total. The van der Waals surface area contributed by atoms with Crippen LogP contribution in [0, 0.1) is 13.8 Å². The van der Waals surface area contributed by atoms with Crippen LogP contribution in [-0.4, -0.2) is 23.9 Å². The van der Waals surface area contributed by atoms with E-state index >= 15 is 0 Å². The summed E-state index contributed by atoms with van der Waals surface area (Å²) < 4.78 is 0. The number of anilines is 1. The zero-order valence-electron chi connectivity index (χ0n) is 13.6. The van der Waals surface area contributed by atoms with Crippen molar-refractivity contribution in [3.63, 3.8) is 0 Å². The minimum Gasteiger partial charge on any atom is -0.324 e. The lowest BCUT2D eigenvalue weighted by Gasteiger charge is -2.20. The van der Waals surface area contributed by atoms with Crippen LogP contribution in [0.3, 0.4) is 0 Å². The second kappa shape index (κ2) is 7.76. The van der Waals surface area contributed by atoms with Gasteiger partial charge in [-0.1, -0.05) is 55.5 Å². The van der Waals surface area contributed by atoms with Crippen LogP contribution in [0.2, 0.25) is 0 Å². The summed E-state index contributed by atoms with van der Waals surface area (Å²) >= 11 is 0. The Balaban J connectivity index is 1.98. The van der Waals surface area contributed by atoms with Gasteiger partial charge in [-0.2, -0.15) is 0 Å². The van der Waals surface area contributed by atoms with Crippen molar-refractivity contribution in [1.29, 1.82) is 0 Å². The number of hydrogen-bond acceptors (Lipinski definition) is 2. The predicted octanol–water partition coefficient (Wildman–Crippen LogP) is 3.76.